The van der Waals surface area contributed by atoms with E-state index in [1.165, 1.54) is 6.42 Å². The smallest absolute Gasteiger partial charge is 0.225 e. The normalized spacial score (nSPS) is 20.4. The van der Waals surface area contributed by atoms with Gasteiger partial charge in [0.1, 0.15) is 5.75 Å². The molecule has 1 fully saturated rings. The largest absolute Gasteiger partial charge is 0.497 e. The molecule has 0 bridgehead atoms. The Bertz CT molecular complexity index is 504. The standard InChI is InChI=1S/C16H25N3O2/c1-11-8-12(11)10-19(2)7-6-16(20)18-15-5-4-13(21-3)9-14(15)17/h4-5,9,11-12H,6-8,10,17H2,1-3H3,(H,18,20). The SMILES string of the molecule is COc1ccc(NC(=O)CCN(C)CC2CC2C)c(N)c1. The minimum Gasteiger partial charge on any atom is -0.497 e. The van der Waals surface area contributed by atoms with Crippen molar-refractivity contribution >= 4 is 17.3 Å². The molecule has 1 amide bonds. The Morgan fingerprint density at radius 2 is 2.24 bits per heavy atom. The number of nitrogens with zero attached hydrogens (tertiary/aromatic N) is 1. The highest BCUT2D eigenvalue weighted by Gasteiger charge is 2.32. The third-order valence-electron chi connectivity index (χ3n) is 4.08. The number of nitrogens with one attached hydrogen (secondary N) is 1. The van der Waals surface area contributed by atoms with Crippen LogP contribution in [0.5, 0.6) is 5.75 Å². The molecule has 1 aliphatic carbocycles. The summed E-state index contributed by atoms with van der Waals surface area (Å²) in [5, 5.41) is 2.85. The molecule has 1 aromatic rings. The van der Waals surface area contributed by atoms with Gasteiger partial charge < -0.3 is 20.7 Å². The van der Waals surface area contributed by atoms with Gasteiger partial charge in [0.15, 0.2) is 0 Å². The Morgan fingerprint density at radius 1 is 1.52 bits per heavy atom. The van der Waals surface area contributed by atoms with E-state index in [9.17, 15) is 4.79 Å². The summed E-state index contributed by atoms with van der Waals surface area (Å²) in [4.78, 5) is 14.2. The van der Waals surface area contributed by atoms with Gasteiger partial charge in [0.05, 0.1) is 18.5 Å². The number of nitrogen functional groups attached to an aromatic ring is 1. The maximum atomic E-state index is 12.0. The third kappa shape index (κ3) is 4.63. The van der Waals surface area contributed by atoms with Crippen molar-refractivity contribution in [2.75, 3.05) is 38.3 Å². The first-order valence-corrected chi connectivity index (χ1v) is 7.41. The third-order valence-corrected chi connectivity index (χ3v) is 4.08. The van der Waals surface area contributed by atoms with E-state index in [4.69, 9.17) is 10.5 Å². The molecule has 5 heteroatoms. The number of carbonyl (C=O) groups excluding carboxylic acids is 1. The van der Waals surface area contributed by atoms with Gasteiger partial charge in [-0.25, -0.2) is 0 Å². The number of benzene rings is 1. The van der Waals surface area contributed by atoms with E-state index in [1.54, 1.807) is 25.3 Å². The quantitative estimate of drug-likeness (QED) is 0.756. The predicted octanol–water partition coefficient (Wildman–Crippen LogP) is 2.19. The molecular weight excluding hydrogens is 266 g/mol. The number of hydrogen-bond acceptors (Lipinski definition) is 4. The fraction of sp³-hybridized carbons (Fsp3) is 0.562. The van der Waals surface area contributed by atoms with Crippen molar-refractivity contribution in [2.45, 2.75) is 19.8 Å². The van der Waals surface area contributed by atoms with Crippen molar-refractivity contribution in [1.82, 2.24) is 4.90 Å². The van der Waals surface area contributed by atoms with Crippen molar-refractivity contribution in [3.05, 3.63) is 18.2 Å². The van der Waals surface area contributed by atoms with Crippen molar-refractivity contribution < 1.29 is 9.53 Å². The summed E-state index contributed by atoms with van der Waals surface area (Å²) in [6.45, 7) is 4.13. The van der Waals surface area contributed by atoms with Crippen LogP contribution in [-0.2, 0) is 4.79 Å². The lowest BCUT2D eigenvalue weighted by atomic mass is 10.2. The van der Waals surface area contributed by atoms with Gasteiger partial charge in [-0.3, -0.25) is 4.79 Å². The zero-order valence-corrected chi connectivity index (χ0v) is 13.1. The van der Waals surface area contributed by atoms with E-state index < -0.39 is 0 Å². The summed E-state index contributed by atoms with van der Waals surface area (Å²) in [5.74, 6) is 2.34. The van der Waals surface area contributed by atoms with E-state index >= 15 is 0 Å². The van der Waals surface area contributed by atoms with Gasteiger partial charge in [-0.1, -0.05) is 6.92 Å². The minimum atomic E-state index is -0.0115. The summed E-state index contributed by atoms with van der Waals surface area (Å²) in [5.41, 5.74) is 7.04. The molecule has 0 spiro atoms. The van der Waals surface area contributed by atoms with Gasteiger partial charge in [0.2, 0.25) is 5.91 Å². The summed E-state index contributed by atoms with van der Waals surface area (Å²) in [7, 11) is 3.66. The predicted molar refractivity (Wildman–Crippen MR) is 85.4 cm³/mol. The summed E-state index contributed by atoms with van der Waals surface area (Å²) in [6, 6.07) is 5.25. The molecule has 5 nitrogen and oxygen atoms in total. The molecule has 2 unspecified atom stereocenters. The number of anilines is 2. The average molecular weight is 291 g/mol. The van der Waals surface area contributed by atoms with Gasteiger partial charge in [0.25, 0.3) is 0 Å². The maximum absolute atomic E-state index is 12.0. The highest BCUT2D eigenvalue weighted by atomic mass is 16.5. The van der Waals surface area contributed by atoms with Gasteiger partial charge in [-0.05, 0) is 37.4 Å². The first kappa shape index (κ1) is 15.6. The highest BCUT2D eigenvalue weighted by molar-refractivity contribution is 5.94. The molecule has 2 rings (SSSR count). The van der Waals surface area contributed by atoms with Crippen molar-refractivity contribution in [3.8, 4) is 5.75 Å². The van der Waals surface area contributed by atoms with Gasteiger partial charge in [-0.15, -0.1) is 0 Å². The molecule has 1 aliphatic rings. The van der Waals surface area contributed by atoms with Crippen LogP contribution < -0.4 is 15.8 Å². The minimum absolute atomic E-state index is 0.0115. The maximum Gasteiger partial charge on any atom is 0.225 e. The van der Waals surface area contributed by atoms with Gasteiger partial charge >= 0.3 is 0 Å². The van der Waals surface area contributed by atoms with Gasteiger partial charge in [0, 0.05) is 25.6 Å². The van der Waals surface area contributed by atoms with Crippen molar-refractivity contribution in [2.24, 2.45) is 11.8 Å². The van der Waals surface area contributed by atoms with Crippen LogP contribution in [0.4, 0.5) is 11.4 Å². The molecule has 3 N–H and O–H groups in total. The van der Waals surface area contributed by atoms with Crippen LogP contribution in [0, 0.1) is 11.8 Å². The molecule has 0 heterocycles. The second-order valence-corrected chi connectivity index (χ2v) is 5.99. The first-order chi connectivity index (χ1) is 9.99. The lowest BCUT2D eigenvalue weighted by molar-refractivity contribution is -0.116. The lowest BCUT2D eigenvalue weighted by Crippen LogP contribution is -2.26. The molecule has 0 aliphatic heterocycles. The molecule has 2 atom stereocenters. The molecule has 1 saturated carbocycles. The molecule has 1 aromatic carbocycles. The average Bonchev–Trinajstić information content (AvgIpc) is 3.14. The number of methoxy groups -OCH3 is 1. The topological polar surface area (TPSA) is 67.6 Å². The van der Waals surface area contributed by atoms with Crippen LogP contribution in [0.1, 0.15) is 19.8 Å². The van der Waals surface area contributed by atoms with E-state index in [1.807, 2.05) is 0 Å². The number of carbonyl (C=O) groups is 1. The van der Waals surface area contributed by atoms with E-state index in [0.717, 1.165) is 24.9 Å². The zero-order chi connectivity index (χ0) is 15.4. The Labute approximate surface area is 126 Å². The van der Waals surface area contributed by atoms with E-state index in [0.29, 0.717) is 23.5 Å². The molecule has 0 saturated heterocycles. The Kier molecular flexibility index (Phi) is 5.07. The number of amides is 1. The number of rotatable bonds is 7. The molecule has 21 heavy (non-hydrogen) atoms. The van der Waals surface area contributed by atoms with Crippen LogP contribution >= 0.6 is 0 Å². The highest BCUT2D eigenvalue weighted by Crippen LogP contribution is 2.37. The second kappa shape index (κ2) is 6.80. The number of nitrogens with two attached hydrogens (primary N) is 1. The van der Waals surface area contributed by atoms with Crippen LogP contribution in [-0.4, -0.2) is 38.1 Å². The van der Waals surface area contributed by atoms with Crippen molar-refractivity contribution in [3.63, 3.8) is 0 Å². The number of ether oxygens (including phenoxy) is 1. The zero-order valence-electron chi connectivity index (χ0n) is 13.1. The second-order valence-electron chi connectivity index (χ2n) is 5.99. The molecule has 0 aromatic heterocycles. The van der Waals surface area contributed by atoms with Gasteiger partial charge in [-0.2, -0.15) is 0 Å². The van der Waals surface area contributed by atoms with Crippen LogP contribution in [0.15, 0.2) is 18.2 Å². The monoisotopic (exact) mass is 291 g/mol. The van der Waals surface area contributed by atoms with Crippen LogP contribution in [0.25, 0.3) is 0 Å². The van der Waals surface area contributed by atoms with Crippen LogP contribution in [0.3, 0.4) is 0 Å². The van der Waals surface area contributed by atoms with Crippen LogP contribution in [0.2, 0.25) is 0 Å². The Hall–Kier alpha value is -1.75. The Balaban J connectivity index is 1.76. The number of hydrogen-bond donors (Lipinski definition) is 2. The van der Waals surface area contributed by atoms with E-state index in [2.05, 4.69) is 24.2 Å². The summed E-state index contributed by atoms with van der Waals surface area (Å²) >= 11 is 0. The van der Waals surface area contributed by atoms with E-state index in [-0.39, 0.29) is 5.91 Å². The van der Waals surface area contributed by atoms with Crippen molar-refractivity contribution in [1.29, 1.82) is 0 Å². The molecule has 116 valence electrons. The lowest BCUT2D eigenvalue weighted by Gasteiger charge is -2.16. The Morgan fingerprint density at radius 3 is 2.81 bits per heavy atom. The molecular formula is C16H25N3O2. The molecule has 0 radical (unpaired) electrons. The fourth-order valence-corrected chi connectivity index (χ4v) is 2.43. The summed E-state index contributed by atoms with van der Waals surface area (Å²) in [6.07, 6.45) is 1.79. The fourth-order valence-electron chi connectivity index (χ4n) is 2.43. The summed E-state index contributed by atoms with van der Waals surface area (Å²) < 4.78 is 5.09. The first-order valence-electron chi connectivity index (χ1n) is 7.41.